The van der Waals surface area contributed by atoms with Crippen LogP contribution in [0.2, 0.25) is 0 Å². The summed E-state index contributed by atoms with van der Waals surface area (Å²) in [6.07, 6.45) is -9.28. The molecule has 120 valence electrons. The topological polar surface area (TPSA) is 15.3 Å². The fourth-order valence-electron chi connectivity index (χ4n) is 1.98. The van der Waals surface area contributed by atoms with Gasteiger partial charge in [-0.2, -0.15) is 26.3 Å². The van der Waals surface area contributed by atoms with Crippen LogP contribution in [0.4, 0.5) is 32.0 Å². The Hall–Kier alpha value is -1.44. The summed E-state index contributed by atoms with van der Waals surface area (Å²) < 4.78 is 76.6. The molecule has 0 heterocycles. The molecule has 0 aliphatic heterocycles. The molecule has 1 rings (SSSR count). The van der Waals surface area contributed by atoms with Crippen molar-refractivity contribution >= 4 is 5.69 Å². The number of nitrogens with one attached hydrogen (secondary N) is 1. The molecule has 0 bridgehead atoms. The first kappa shape index (κ1) is 17.6. The van der Waals surface area contributed by atoms with E-state index in [1.54, 1.807) is 7.05 Å². The third kappa shape index (κ3) is 5.11. The number of anilines is 1. The number of nitrogens with zero attached hydrogens (tertiary/aromatic N) is 1. The minimum absolute atomic E-state index is 0.173. The number of benzene rings is 1. The van der Waals surface area contributed by atoms with Crippen LogP contribution in [-0.4, -0.2) is 26.3 Å². The molecule has 1 aromatic carbocycles. The molecular weight excluding hydrogens is 298 g/mol. The van der Waals surface area contributed by atoms with Crippen molar-refractivity contribution in [2.75, 3.05) is 25.0 Å². The molecule has 0 atom stereocenters. The average Bonchev–Trinajstić information content (AvgIpc) is 2.34. The summed E-state index contributed by atoms with van der Waals surface area (Å²) in [6, 6.07) is 3.36. The lowest BCUT2D eigenvalue weighted by molar-refractivity contribution is -0.138. The van der Waals surface area contributed by atoms with Gasteiger partial charge in [0.15, 0.2) is 0 Å². The molecule has 1 aromatic rings. The van der Waals surface area contributed by atoms with Gasteiger partial charge in [-0.15, -0.1) is 0 Å². The lowest BCUT2D eigenvalue weighted by atomic mass is 10.1. The standard InChI is InChI=1S/C13H16F6N2/c1-3-21(8-12(14,15)16)11-5-4-9(7-20-2)6-10(11)13(17,18)19/h4-6,20H,3,7-8H2,1-2H3. The zero-order chi connectivity index (χ0) is 16.3. The Morgan fingerprint density at radius 1 is 1.10 bits per heavy atom. The van der Waals surface area contributed by atoms with Gasteiger partial charge >= 0.3 is 12.4 Å². The quantitative estimate of drug-likeness (QED) is 0.831. The van der Waals surface area contributed by atoms with Gasteiger partial charge in [-0.25, -0.2) is 0 Å². The molecule has 0 aliphatic carbocycles. The van der Waals surface area contributed by atoms with Gasteiger partial charge in [0, 0.05) is 18.8 Å². The van der Waals surface area contributed by atoms with Crippen LogP contribution >= 0.6 is 0 Å². The molecule has 2 nitrogen and oxygen atoms in total. The van der Waals surface area contributed by atoms with Crippen molar-refractivity contribution in [2.45, 2.75) is 25.8 Å². The van der Waals surface area contributed by atoms with Gasteiger partial charge in [-0.05, 0) is 31.7 Å². The highest BCUT2D eigenvalue weighted by Crippen LogP contribution is 2.38. The first-order valence-corrected chi connectivity index (χ1v) is 6.25. The molecule has 0 aliphatic rings. The maximum Gasteiger partial charge on any atom is 0.418 e. The Kier molecular flexibility index (Phi) is 5.49. The van der Waals surface area contributed by atoms with Crippen LogP contribution in [-0.2, 0) is 12.7 Å². The van der Waals surface area contributed by atoms with Crippen molar-refractivity contribution in [1.29, 1.82) is 0 Å². The highest BCUT2D eigenvalue weighted by atomic mass is 19.4. The monoisotopic (exact) mass is 314 g/mol. The molecule has 0 amide bonds. The maximum atomic E-state index is 13.1. The van der Waals surface area contributed by atoms with Crippen LogP contribution in [0.15, 0.2) is 18.2 Å². The van der Waals surface area contributed by atoms with Crippen molar-refractivity contribution in [3.8, 4) is 0 Å². The number of halogens is 6. The second kappa shape index (κ2) is 6.55. The molecule has 21 heavy (non-hydrogen) atoms. The first-order valence-electron chi connectivity index (χ1n) is 6.25. The molecule has 0 fully saturated rings. The molecule has 0 spiro atoms. The molecule has 0 radical (unpaired) electrons. The second-order valence-corrected chi connectivity index (χ2v) is 4.51. The van der Waals surface area contributed by atoms with Crippen molar-refractivity contribution in [1.82, 2.24) is 5.32 Å². The summed E-state index contributed by atoms with van der Waals surface area (Å²) in [5, 5.41) is 2.70. The third-order valence-electron chi connectivity index (χ3n) is 2.84. The van der Waals surface area contributed by atoms with E-state index in [2.05, 4.69) is 5.32 Å². The van der Waals surface area contributed by atoms with Gasteiger partial charge in [0.25, 0.3) is 0 Å². The second-order valence-electron chi connectivity index (χ2n) is 4.51. The molecule has 8 heteroatoms. The average molecular weight is 314 g/mol. The predicted octanol–water partition coefficient (Wildman–Crippen LogP) is 3.81. The third-order valence-corrected chi connectivity index (χ3v) is 2.84. The van der Waals surface area contributed by atoms with Crippen LogP contribution in [0.5, 0.6) is 0 Å². The van der Waals surface area contributed by atoms with E-state index >= 15 is 0 Å². The lowest BCUT2D eigenvalue weighted by Gasteiger charge is -2.27. The Bertz CT molecular complexity index is 467. The van der Waals surface area contributed by atoms with Gasteiger partial charge in [-0.1, -0.05) is 6.07 Å². The summed E-state index contributed by atoms with van der Waals surface area (Å²) in [7, 11) is 1.57. The molecule has 1 N–H and O–H groups in total. The zero-order valence-electron chi connectivity index (χ0n) is 11.6. The fraction of sp³-hybridized carbons (Fsp3) is 0.538. The van der Waals surface area contributed by atoms with E-state index < -0.39 is 30.1 Å². The summed E-state index contributed by atoms with van der Waals surface area (Å²) in [4.78, 5) is 0.673. The highest BCUT2D eigenvalue weighted by Gasteiger charge is 2.37. The van der Waals surface area contributed by atoms with E-state index in [0.717, 1.165) is 12.1 Å². The molecule has 0 unspecified atom stereocenters. The van der Waals surface area contributed by atoms with Gasteiger partial charge in [-0.3, -0.25) is 0 Å². The Labute approximate surface area is 118 Å². The van der Waals surface area contributed by atoms with Crippen LogP contribution in [0, 0.1) is 0 Å². The maximum absolute atomic E-state index is 13.1. The molecular formula is C13H16F6N2. The first-order chi connectivity index (χ1) is 9.58. The van der Waals surface area contributed by atoms with E-state index in [0.29, 0.717) is 10.5 Å². The van der Waals surface area contributed by atoms with Crippen molar-refractivity contribution < 1.29 is 26.3 Å². The van der Waals surface area contributed by atoms with Gasteiger partial charge in [0.2, 0.25) is 0 Å². The summed E-state index contributed by atoms with van der Waals surface area (Å²) >= 11 is 0. The Balaban J connectivity index is 3.26. The zero-order valence-corrected chi connectivity index (χ0v) is 11.6. The molecule has 0 saturated heterocycles. The molecule has 0 aromatic heterocycles. The number of hydrogen-bond donors (Lipinski definition) is 1. The van der Waals surface area contributed by atoms with E-state index in [1.165, 1.54) is 13.0 Å². The van der Waals surface area contributed by atoms with Crippen molar-refractivity contribution in [2.24, 2.45) is 0 Å². The Morgan fingerprint density at radius 2 is 1.71 bits per heavy atom. The Morgan fingerprint density at radius 3 is 2.14 bits per heavy atom. The van der Waals surface area contributed by atoms with Gasteiger partial charge in [0.05, 0.1) is 5.56 Å². The van der Waals surface area contributed by atoms with E-state index in [9.17, 15) is 26.3 Å². The van der Waals surface area contributed by atoms with E-state index in [1.807, 2.05) is 0 Å². The van der Waals surface area contributed by atoms with Crippen LogP contribution in [0.25, 0.3) is 0 Å². The SMILES string of the molecule is CCN(CC(F)(F)F)c1ccc(CNC)cc1C(F)(F)F. The fourth-order valence-corrected chi connectivity index (χ4v) is 1.98. The van der Waals surface area contributed by atoms with Crippen LogP contribution < -0.4 is 10.2 Å². The van der Waals surface area contributed by atoms with Crippen LogP contribution in [0.3, 0.4) is 0 Å². The lowest BCUT2D eigenvalue weighted by Crippen LogP contribution is -2.35. The van der Waals surface area contributed by atoms with E-state index in [4.69, 9.17) is 0 Å². The minimum Gasteiger partial charge on any atom is -0.362 e. The summed E-state index contributed by atoms with van der Waals surface area (Å²) in [5.74, 6) is 0. The van der Waals surface area contributed by atoms with E-state index in [-0.39, 0.29) is 13.1 Å². The highest BCUT2D eigenvalue weighted by molar-refractivity contribution is 5.56. The normalized spacial score (nSPS) is 12.6. The van der Waals surface area contributed by atoms with Gasteiger partial charge in [0.1, 0.15) is 6.54 Å². The number of rotatable bonds is 5. The predicted molar refractivity (Wildman–Crippen MR) is 68.1 cm³/mol. The summed E-state index contributed by atoms with van der Waals surface area (Å²) in [6.45, 7) is -0.00587. The van der Waals surface area contributed by atoms with Crippen molar-refractivity contribution in [3.63, 3.8) is 0 Å². The van der Waals surface area contributed by atoms with Crippen molar-refractivity contribution in [3.05, 3.63) is 29.3 Å². The smallest absolute Gasteiger partial charge is 0.362 e. The molecule has 0 saturated carbocycles. The number of alkyl halides is 6. The minimum atomic E-state index is -4.71. The largest absolute Gasteiger partial charge is 0.418 e. The van der Waals surface area contributed by atoms with Crippen LogP contribution in [0.1, 0.15) is 18.1 Å². The number of hydrogen-bond acceptors (Lipinski definition) is 2. The van der Waals surface area contributed by atoms with Gasteiger partial charge < -0.3 is 10.2 Å². The summed E-state index contributed by atoms with van der Waals surface area (Å²) in [5.41, 5.74) is -1.15.